The molecule has 2 aromatic carbocycles. The number of aryl methyl sites for hydroxylation is 1. The third kappa shape index (κ3) is 7.54. The van der Waals surface area contributed by atoms with Crippen molar-refractivity contribution in [3.63, 3.8) is 0 Å². The third-order valence-corrected chi connectivity index (χ3v) is 9.03. The van der Waals surface area contributed by atoms with Crippen LogP contribution in [0, 0.1) is 6.92 Å². The van der Waals surface area contributed by atoms with Crippen molar-refractivity contribution in [2.75, 3.05) is 44.2 Å². The molecule has 0 spiro atoms. The van der Waals surface area contributed by atoms with Crippen LogP contribution in [0.5, 0.6) is 5.75 Å². The van der Waals surface area contributed by atoms with Crippen molar-refractivity contribution in [1.29, 1.82) is 0 Å². The summed E-state index contributed by atoms with van der Waals surface area (Å²) in [5, 5.41) is 3.18. The summed E-state index contributed by atoms with van der Waals surface area (Å²) in [4.78, 5) is 37.1. The number of anilines is 1. The number of nitrogens with zero attached hydrogens (tertiary/aromatic N) is 4. The van der Waals surface area contributed by atoms with E-state index in [4.69, 9.17) is 4.74 Å². The van der Waals surface area contributed by atoms with Crippen molar-refractivity contribution < 1.29 is 14.3 Å². The van der Waals surface area contributed by atoms with Gasteiger partial charge in [0.2, 0.25) is 0 Å². The zero-order valence-corrected chi connectivity index (χ0v) is 25.2. The van der Waals surface area contributed by atoms with Gasteiger partial charge in [0, 0.05) is 76.6 Å². The predicted molar refractivity (Wildman–Crippen MR) is 169 cm³/mol. The van der Waals surface area contributed by atoms with Crippen molar-refractivity contribution in [1.82, 2.24) is 20.1 Å². The number of carbonyl (C=O) groups is 2. The van der Waals surface area contributed by atoms with Crippen LogP contribution >= 0.6 is 0 Å². The average Bonchev–Trinajstić information content (AvgIpc) is 3.59. The molecule has 3 fully saturated rings. The van der Waals surface area contributed by atoms with Gasteiger partial charge in [0.25, 0.3) is 11.8 Å². The highest BCUT2D eigenvalue weighted by atomic mass is 16.5. The van der Waals surface area contributed by atoms with Crippen LogP contribution in [0.1, 0.15) is 70.5 Å². The van der Waals surface area contributed by atoms with Crippen LogP contribution < -0.4 is 15.0 Å². The Balaban J connectivity index is 0.922. The fourth-order valence-corrected chi connectivity index (χ4v) is 6.35. The molecule has 6 rings (SSSR count). The molecule has 0 atom stereocenters. The fraction of sp³-hybridized carbons (Fsp3) is 0.457. The second-order valence-corrected chi connectivity index (χ2v) is 12.2. The lowest BCUT2D eigenvalue weighted by molar-refractivity contribution is 0.0589. The number of nitrogens with one attached hydrogen (secondary N) is 1. The molecular formula is C35H43N5O3. The van der Waals surface area contributed by atoms with Crippen molar-refractivity contribution in [3.8, 4) is 5.75 Å². The first kappa shape index (κ1) is 29.2. The summed E-state index contributed by atoms with van der Waals surface area (Å²) in [5.41, 5.74) is 4.73. The Kier molecular flexibility index (Phi) is 9.22. The average molecular weight is 582 g/mol. The van der Waals surface area contributed by atoms with Gasteiger partial charge in [-0.05, 0) is 74.6 Å². The van der Waals surface area contributed by atoms with Gasteiger partial charge in [0.1, 0.15) is 17.5 Å². The summed E-state index contributed by atoms with van der Waals surface area (Å²) >= 11 is 0. The van der Waals surface area contributed by atoms with Gasteiger partial charge in [-0.3, -0.25) is 19.5 Å². The second-order valence-electron chi connectivity index (χ2n) is 12.2. The van der Waals surface area contributed by atoms with E-state index in [1.807, 2.05) is 29.2 Å². The van der Waals surface area contributed by atoms with Crippen molar-refractivity contribution in [2.24, 2.45) is 0 Å². The normalized spacial score (nSPS) is 18.5. The maximum Gasteiger partial charge on any atom is 0.272 e. The van der Waals surface area contributed by atoms with Crippen LogP contribution in [0.3, 0.4) is 0 Å². The van der Waals surface area contributed by atoms with Gasteiger partial charge >= 0.3 is 0 Å². The zero-order valence-electron chi connectivity index (χ0n) is 25.2. The van der Waals surface area contributed by atoms with E-state index in [9.17, 15) is 9.59 Å². The van der Waals surface area contributed by atoms with Gasteiger partial charge in [0.15, 0.2) is 0 Å². The highest BCUT2D eigenvalue weighted by Gasteiger charge is 2.26. The maximum absolute atomic E-state index is 13.1. The monoisotopic (exact) mass is 581 g/mol. The predicted octanol–water partition coefficient (Wildman–Crippen LogP) is 5.07. The molecular weight excluding hydrogens is 538 g/mol. The Morgan fingerprint density at radius 3 is 2.19 bits per heavy atom. The summed E-state index contributed by atoms with van der Waals surface area (Å²) in [7, 11) is 0. The van der Waals surface area contributed by atoms with Crippen LogP contribution in [0.15, 0.2) is 66.9 Å². The molecule has 1 aromatic heterocycles. The topological polar surface area (TPSA) is 78.0 Å². The van der Waals surface area contributed by atoms with Crippen molar-refractivity contribution >= 4 is 17.5 Å². The Bertz CT molecular complexity index is 1350. The first-order chi connectivity index (χ1) is 21.0. The minimum absolute atomic E-state index is 0.0983. The molecule has 43 heavy (non-hydrogen) atoms. The molecule has 4 heterocycles. The van der Waals surface area contributed by atoms with E-state index in [-0.39, 0.29) is 24.0 Å². The SMILES string of the molecule is Cc1ccc(OC2CCN(C(=O)c3ccc(C(=O)NC4CCN(Cc5ccc(N6CCCC6)cc5)CC4)cn3)CC2)cc1. The number of aromatic nitrogens is 1. The molecule has 8 nitrogen and oxygen atoms in total. The van der Waals surface area contributed by atoms with Crippen molar-refractivity contribution in [2.45, 2.75) is 64.1 Å². The molecule has 2 amide bonds. The number of rotatable bonds is 8. The maximum atomic E-state index is 13.1. The Hall–Kier alpha value is -3.91. The van der Waals surface area contributed by atoms with E-state index in [1.54, 1.807) is 12.1 Å². The summed E-state index contributed by atoms with van der Waals surface area (Å²) < 4.78 is 6.10. The molecule has 0 saturated carbocycles. The standard InChI is InChI=1S/C35H43N5O3/c1-26-4-11-31(12-5-26)43-32-16-22-40(23-17-32)35(42)33-13-8-28(24-36-33)34(41)37-29-14-20-38(21-15-29)25-27-6-9-30(10-7-27)39-18-2-3-19-39/h4-13,24,29,32H,2-3,14-23,25H2,1H3,(H,37,41). The molecule has 1 N–H and O–H groups in total. The van der Waals surface area contributed by atoms with Crippen LogP contribution in [-0.4, -0.2) is 78.0 Å². The van der Waals surface area contributed by atoms with Crippen LogP contribution in [0.2, 0.25) is 0 Å². The largest absolute Gasteiger partial charge is 0.490 e. The Morgan fingerprint density at radius 1 is 0.837 bits per heavy atom. The third-order valence-electron chi connectivity index (χ3n) is 9.03. The minimum atomic E-state index is -0.128. The summed E-state index contributed by atoms with van der Waals surface area (Å²) in [5.74, 6) is 0.644. The van der Waals surface area contributed by atoms with E-state index in [1.165, 1.54) is 48.9 Å². The molecule has 226 valence electrons. The lowest BCUT2D eigenvalue weighted by Crippen LogP contribution is -2.44. The zero-order chi connectivity index (χ0) is 29.6. The van der Waals surface area contributed by atoms with Crippen LogP contribution in [0.25, 0.3) is 0 Å². The Labute approximate surface area is 255 Å². The van der Waals surface area contributed by atoms with Gasteiger partial charge in [-0.2, -0.15) is 0 Å². The van der Waals surface area contributed by atoms with Gasteiger partial charge in [-0.25, -0.2) is 0 Å². The van der Waals surface area contributed by atoms with Crippen LogP contribution in [-0.2, 0) is 6.54 Å². The lowest BCUT2D eigenvalue weighted by Gasteiger charge is -2.32. The number of likely N-dealkylation sites (tertiary alicyclic amines) is 2. The highest BCUT2D eigenvalue weighted by molar-refractivity contribution is 5.96. The van der Waals surface area contributed by atoms with E-state index in [0.717, 1.165) is 51.1 Å². The quantitative estimate of drug-likeness (QED) is 0.401. The number of hydrogen-bond acceptors (Lipinski definition) is 6. The molecule has 0 aliphatic carbocycles. The number of piperidine rings is 2. The number of benzene rings is 2. The number of amides is 2. The van der Waals surface area contributed by atoms with E-state index < -0.39 is 0 Å². The number of carbonyl (C=O) groups excluding carboxylic acids is 2. The van der Waals surface area contributed by atoms with Gasteiger partial charge < -0.3 is 19.9 Å². The number of hydrogen-bond donors (Lipinski definition) is 1. The fourth-order valence-electron chi connectivity index (χ4n) is 6.35. The molecule has 8 heteroatoms. The van der Waals surface area contributed by atoms with Gasteiger partial charge in [-0.15, -0.1) is 0 Å². The van der Waals surface area contributed by atoms with E-state index in [0.29, 0.717) is 24.3 Å². The lowest BCUT2D eigenvalue weighted by atomic mass is 10.0. The summed E-state index contributed by atoms with van der Waals surface area (Å²) in [6.45, 7) is 8.50. The molecule has 3 aliphatic heterocycles. The molecule has 3 aromatic rings. The highest BCUT2D eigenvalue weighted by Crippen LogP contribution is 2.23. The first-order valence-corrected chi connectivity index (χ1v) is 15.9. The molecule has 3 saturated heterocycles. The van der Waals surface area contributed by atoms with Crippen molar-refractivity contribution in [3.05, 3.63) is 89.2 Å². The minimum Gasteiger partial charge on any atom is -0.490 e. The molecule has 0 bridgehead atoms. The molecule has 0 unspecified atom stereocenters. The molecule has 3 aliphatic rings. The number of pyridine rings is 1. The van der Waals surface area contributed by atoms with E-state index >= 15 is 0 Å². The molecule has 0 radical (unpaired) electrons. The van der Waals surface area contributed by atoms with E-state index in [2.05, 4.69) is 51.3 Å². The van der Waals surface area contributed by atoms with Gasteiger partial charge in [-0.1, -0.05) is 29.8 Å². The van der Waals surface area contributed by atoms with Crippen LogP contribution in [0.4, 0.5) is 5.69 Å². The number of ether oxygens (including phenoxy) is 1. The first-order valence-electron chi connectivity index (χ1n) is 15.9. The summed E-state index contributed by atoms with van der Waals surface area (Å²) in [6, 6.07) is 20.6. The smallest absolute Gasteiger partial charge is 0.272 e. The summed E-state index contributed by atoms with van der Waals surface area (Å²) in [6.07, 6.45) is 7.62. The Morgan fingerprint density at radius 2 is 1.53 bits per heavy atom. The second kappa shape index (κ2) is 13.6. The van der Waals surface area contributed by atoms with Gasteiger partial charge in [0.05, 0.1) is 5.56 Å².